The van der Waals surface area contributed by atoms with Crippen LogP contribution in [0.3, 0.4) is 0 Å². The minimum atomic E-state index is -0.0913. The predicted molar refractivity (Wildman–Crippen MR) is 42.2 cm³/mol. The fraction of sp³-hybridized carbons (Fsp3) is 0.429. The van der Waals surface area contributed by atoms with E-state index in [1.54, 1.807) is 10.7 Å². The largest absolute Gasteiger partial charge is 0.309 e. The Kier molecular flexibility index (Phi) is 2.25. The molecule has 1 aromatic rings. The molecule has 1 N–H and O–H groups in total. The standard InChI is InChI=1S/C7H11N3O/c1-3-10-5-4-7(9-10)8-6(2)11/h4-5H,3H2,1-2H3,(H,8,9,11). The number of amides is 1. The van der Waals surface area contributed by atoms with Gasteiger partial charge in [-0.15, -0.1) is 0 Å². The first kappa shape index (κ1) is 7.78. The van der Waals surface area contributed by atoms with Gasteiger partial charge in [-0.3, -0.25) is 9.48 Å². The highest BCUT2D eigenvalue weighted by molar-refractivity contribution is 5.87. The maximum atomic E-state index is 10.6. The van der Waals surface area contributed by atoms with Crippen LogP contribution in [0.5, 0.6) is 0 Å². The van der Waals surface area contributed by atoms with Gasteiger partial charge in [0.2, 0.25) is 5.91 Å². The van der Waals surface area contributed by atoms with Crippen molar-refractivity contribution in [2.45, 2.75) is 20.4 Å². The molecular weight excluding hydrogens is 142 g/mol. The molecule has 1 rings (SSSR count). The average Bonchev–Trinajstić information content (AvgIpc) is 2.34. The summed E-state index contributed by atoms with van der Waals surface area (Å²) < 4.78 is 1.76. The number of rotatable bonds is 2. The van der Waals surface area contributed by atoms with Gasteiger partial charge in [0.05, 0.1) is 0 Å². The molecule has 0 fully saturated rings. The maximum Gasteiger partial charge on any atom is 0.222 e. The van der Waals surface area contributed by atoms with Crippen molar-refractivity contribution in [1.29, 1.82) is 0 Å². The van der Waals surface area contributed by atoms with Gasteiger partial charge in [-0.2, -0.15) is 5.10 Å². The Bertz CT molecular complexity index is 254. The van der Waals surface area contributed by atoms with Crippen molar-refractivity contribution in [2.75, 3.05) is 5.32 Å². The van der Waals surface area contributed by atoms with Crippen molar-refractivity contribution in [3.05, 3.63) is 12.3 Å². The second kappa shape index (κ2) is 3.18. The number of carbonyl (C=O) groups is 1. The Morgan fingerprint density at radius 1 is 1.82 bits per heavy atom. The smallest absolute Gasteiger partial charge is 0.222 e. The Hall–Kier alpha value is -1.32. The van der Waals surface area contributed by atoms with Crippen molar-refractivity contribution in [3.63, 3.8) is 0 Å². The van der Waals surface area contributed by atoms with Crippen LogP contribution >= 0.6 is 0 Å². The lowest BCUT2D eigenvalue weighted by atomic mass is 10.6. The highest BCUT2D eigenvalue weighted by atomic mass is 16.1. The van der Waals surface area contributed by atoms with E-state index in [0.717, 1.165) is 6.54 Å². The van der Waals surface area contributed by atoms with Gasteiger partial charge in [-0.1, -0.05) is 0 Å². The SMILES string of the molecule is CCn1ccc(NC(C)=O)n1. The summed E-state index contributed by atoms with van der Waals surface area (Å²) in [6.45, 7) is 4.27. The average molecular weight is 153 g/mol. The molecule has 0 aliphatic heterocycles. The lowest BCUT2D eigenvalue weighted by Crippen LogP contribution is -2.06. The van der Waals surface area contributed by atoms with E-state index in [2.05, 4.69) is 10.4 Å². The van der Waals surface area contributed by atoms with Crippen LogP contribution in [0.4, 0.5) is 5.82 Å². The molecule has 4 heteroatoms. The van der Waals surface area contributed by atoms with Crippen molar-refractivity contribution in [3.8, 4) is 0 Å². The molecular formula is C7H11N3O. The first-order valence-electron chi connectivity index (χ1n) is 3.53. The van der Waals surface area contributed by atoms with E-state index >= 15 is 0 Å². The molecule has 0 aliphatic carbocycles. The van der Waals surface area contributed by atoms with Crippen LogP contribution in [0.2, 0.25) is 0 Å². The number of aryl methyl sites for hydroxylation is 1. The minimum absolute atomic E-state index is 0.0913. The number of hydrogen-bond acceptors (Lipinski definition) is 2. The zero-order valence-electron chi connectivity index (χ0n) is 6.66. The first-order valence-corrected chi connectivity index (χ1v) is 3.53. The lowest BCUT2D eigenvalue weighted by molar-refractivity contribution is -0.114. The summed E-state index contributed by atoms with van der Waals surface area (Å²) in [5.74, 6) is 0.519. The van der Waals surface area contributed by atoms with Crippen molar-refractivity contribution in [2.24, 2.45) is 0 Å². The van der Waals surface area contributed by atoms with E-state index in [-0.39, 0.29) is 5.91 Å². The van der Waals surface area contributed by atoms with Gasteiger partial charge in [0.15, 0.2) is 5.82 Å². The fourth-order valence-electron chi connectivity index (χ4n) is 0.785. The number of hydrogen-bond donors (Lipinski definition) is 1. The van der Waals surface area contributed by atoms with Crippen LogP contribution in [0.15, 0.2) is 12.3 Å². The first-order chi connectivity index (χ1) is 5.22. The third-order valence-electron chi connectivity index (χ3n) is 1.27. The van der Waals surface area contributed by atoms with Gasteiger partial charge in [-0.25, -0.2) is 0 Å². The molecule has 4 nitrogen and oxygen atoms in total. The zero-order valence-corrected chi connectivity index (χ0v) is 6.66. The normalized spacial score (nSPS) is 9.64. The Balaban J connectivity index is 2.65. The second-order valence-electron chi connectivity index (χ2n) is 2.24. The highest BCUT2D eigenvalue weighted by Gasteiger charge is 1.97. The quantitative estimate of drug-likeness (QED) is 0.685. The summed E-state index contributed by atoms with van der Waals surface area (Å²) in [6.07, 6.45) is 1.82. The summed E-state index contributed by atoms with van der Waals surface area (Å²) in [7, 11) is 0. The van der Waals surface area contributed by atoms with Crippen molar-refractivity contribution >= 4 is 11.7 Å². The van der Waals surface area contributed by atoms with Gasteiger partial charge in [0, 0.05) is 25.7 Å². The van der Waals surface area contributed by atoms with Gasteiger partial charge in [0.1, 0.15) is 0 Å². The van der Waals surface area contributed by atoms with E-state index in [0.29, 0.717) is 5.82 Å². The molecule has 0 atom stereocenters. The lowest BCUT2D eigenvalue weighted by Gasteiger charge is -1.94. The van der Waals surface area contributed by atoms with E-state index in [1.807, 2.05) is 13.1 Å². The molecule has 1 heterocycles. The van der Waals surface area contributed by atoms with Crippen LogP contribution in [-0.4, -0.2) is 15.7 Å². The van der Waals surface area contributed by atoms with Crippen LogP contribution in [0.1, 0.15) is 13.8 Å². The third-order valence-corrected chi connectivity index (χ3v) is 1.27. The van der Waals surface area contributed by atoms with E-state index in [9.17, 15) is 4.79 Å². The van der Waals surface area contributed by atoms with E-state index < -0.39 is 0 Å². The number of nitrogens with one attached hydrogen (secondary N) is 1. The minimum Gasteiger partial charge on any atom is -0.309 e. The topological polar surface area (TPSA) is 46.9 Å². The molecule has 11 heavy (non-hydrogen) atoms. The van der Waals surface area contributed by atoms with Crippen LogP contribution < -0.4 is 5.32 Å². The third kappa shape index (κ3) is 2.07. The van der Waals surface area contributed by atoms with Gasteiger partial charge in [0.25, 0.3) is 0 Å². The molecule has 0 saturated heterocycles. The molecule has 0 aliphatic rings. The number of carbonyl (C=O) groups excluding carboxylic acids is 1. The molecule has 0 spiro atoms. The fourth-order valence-corrected chi connectivity index (χ4v) is 0.785. The van der Waals surface area contributed by atoms with Crippen LogP contribution in [0, 0.1) is 0 Å². The van der Waals surface area contributed by atoms with Crippen molar-refractivity contribution in [1.82, 2.24) is 9.78 Å². The zero-order chi connectivity index (χ0) is 8.27. The maximum absolute atomic E-state index is 10.6. The summed E-state index contributed by atoms with van der Waals surface area (Å²) in [5, 5.41) is 6.64. The number of nitrogens with zero attached hydrogens (tertiary/aromatic N) is 2. The molecule has 0 unspecified atom stereocenters. The Labute approximate surface area is 65.2 Å². The summed E-state index contributed by atoms with van der Waals surface area (Å²) in [6, 6.07) is 1.77. The molecule has 60 valence electrons. The van der Waals surface area contributed by atoms with E-state index in [4.69, 9.17) is 0 Å². The van der Waals surface area contributed by atoms with Crippen molar-refractivity contribution < 1.29 is 4.79 Å². The summed E-state index contributed by atoms with van der Waals surface area (Å²) >= 11 is 0. The predicted octanol–water partition coefficient (Wildman–Crippen LogP) is 0.861. The molecule has 0 radical (unpaired) electrons. The second-order valence-corrected chi connectivity index (χ2v) is 2.24. The van der Waals surface area contributed by atoms with Gasteiger partial charge in [-0.05, 0) is 6.92 Å². The number of aromatic nitrogens is 2. The molecule has 0 saturated carbocycles. The van der Waals surface area contributed by atoms with Crippen LogP contribution in [-0.2, 0) is 11.3 Å². The Morgan fingerprint density at radius 3 is 3.00 bits per heavy atom. The number of anilines is 1. The van der Waals surface area contributed by atoms with Gasteiger partial charge < -0.3 is 5.32 Å². The Morgan fingerprint density at radius 2 is 2.55 bits per heavy atom. The molecule has 1 amide bonds. The highest BCUT2D eigenvalue weighted by Crippen LogP contribution is 2.00. The molecule has 0 aromatic carbocycles. The molecule has 0 bridgehead atoms. The monoisotopic (exact) mass is 153 g/mol. The summed E-state index contributed by atoms with van der Waals surface area (Å²) in [4.78, 5) is 10.6. The van der Waals surface area contributed by atoms with E-state index in [1.165, 1.54) is 6.92 Å². The molecule has 1 aromatic heterocycles. The van der Waals surface area contributed by atoms with Gasteiger partial charge >= 0.3 is 0 Å². The van der Waals surface area contributed by atoms with Crippen LogP contribution in [0.25, 0.3) is 0 Å². The summed E-state index contributed by atoms with van der Waals surface area (Å²) in [5.41, 5.74) is 0.